The van der Waals surface area contributed by atoms with Crippen LogP contribution in [0.3, 0.4) is 0 Å². The van der Waals surface area contributed by atoms with Gasteiger partial charge in [0, 0.05) is 0 Å². The SMILES string of the molecule is CCOC1(CC2=[C]([Ti+2])CC=C2)CC=CC=C1C(C)(C)C.[Cl-].[Cl-]. The summed E-state index contributed by atoms with van der Waals surface area (Å²) in [5.41, 5.74) is 2.86. The first-order chi connectivity index (χ1) is 9.39. The third-order valence-electron chi connectivity index (χ3n) is 4.07. The molecule has 0 bridgehead atoms. The van der Waals surface area contributed by atoms with Crippen molar-refractivity contribution in [2.75, 3.05) is 6.61 Å². The minimum Gasteiger partial charge on any atom is -1.00 e. The molecule has 1 unspecified atom stereocenters. The minimum atomic E-state index is -0.160. The Balaban J connectivity index is 0.00000220. The summed E-state index contributed by atoms with van der Waals surface area (Å²) < 4.78 is 7.82. The predicted molar refractivity (Wildman–Crippen MR) is 81.1 cm³/mol. The van der Waals surface area contributed by atoms with Gasteiger partial charge in [0.2, 0.25) is 0 Å². The Morgan fingerprint density at radius 2 is 1.91 bits per heavy atom. The maximum atomic E-state index is 6.33. The van der Waals surface area contributed by atoms with E-state index in [1.165, 1.54) is 15.0 Å². The Hall–Kier alpha value is 0.214. The quantitative estimate of drug-likeness (QED) is 0.564. The summed E-state index contributed by atoms with van der Waals surface area (Å²) in [5, 5.41) is 0. The zero-order valence-electron chi connectivity index (χ0n) is 13.9. The number of ether oxygens (including phenoxy) is 1. The number of hydrogen-bond acceptors (Lipinski definition) is 1. The summed E-state index contributed by atoms with van der Waals surface area (Å²) in [6.07, 6.45) is 14.3. The van der Waals surface area contributed by atoms with Crippen LogP contribution in [-0.4, -0.2) is 12.2 Å². The smallest absolute Gasteiger partial charge is 1.00 e. The Morgan fingerprint density at radius 1 is 1.23 bits per heavy atom. The van der Waals surface area contributed by atoms with Gasteiger partial charge in [0.05, 0.1) is 0 Å². The van der Waals surface area contributed by atoms with E-state index in [0.29, 0.717) is 0 Å². The Morgan fingerprint density at radius 3 is 2.41 bits per heavy atom. The average molecular weight is 376 g/mol. The van der Waals surface area contributed by atoms with Crippen LogP contribution < -0.4 is 24.8 Å². The summed E-state index contributed by atoms with van der Waals surface area (Å²) in [4.78, 5) is 0. The third kappa shape index (κ3) is 4.85. The summed E-state index contributed by atoms with van der Waals surface area (Å²) in [6, 6.07) is 0. The summed E-state index contributed by atoms with van der Waals surface area (Å²) in [5.74, 6) is 0. The van der Waals surface area contributed by atoms with Crippen LogP contribution in [0.25, 0.3) is 0 Å². The van der Waals surface area contributed by atoms with Gasteiger partial charge in [0.25, 0.3) is 0 Å². The molecule has 2 aliphatic rings. The molecule has 0 N–H and O–H groups in total. The Kier molecular flexibility index (Phi) is 8.98. The van der Waals surface area contributed by atoms with E-state index >= 15 is 0 Å². The molecule has 4 heteroatoms. The number of halogens is 2. The van der Waals surface area contributed by atoms with Crippen LogP contribution in [0.5, 0.6) is 0 Å². The van der Waals surface area contributed by atoms with Gasteiger partial charge in [0.1, 0.15) is 0 Å². The molecule has 121 valence electrons. The van der Waals surface area contributed by atoms with E-state index < -0.39 is 0 Å². The van der Waals surface area contributed by atoms with E-state index in [2.05, 4.69) is 78.5 Å². The second-order valence-electron chi connectivity index (χ2n) is 6.68. The molecule has 1 nitrogen and oxygen atoms in total. The monoisotopic (exact) mass is 375 g/mol. The first-order valence-electron chi connectivity index (χ1n) is 7.51. The van der Waals surface area contributed by atoms with Crippen LogP contribution in [0.15, 0.2) is 45.4 Å². The third-order valence-corrected chi connectivity index (χ3v) is 4.89. The Labute approximate surface area is 159 Å². The molecule has 0 aliphatic heterocycles. The maximum absolute atomic E-state index is 6.33. The van der Waals surface area contributed by atoms with E-state index in [1.807, 2.05) is 0 Å². The molecular weight excluding hydrogens is 351 g/mol. The van der Waals surface area contributed by atoms with Crippen molar-refractivity contribution in [2.24, 2.45) is 5.41 Å². The average Bonchev–Trinajstić information content (AvgIpc) is 2.74. The zero-order chi connectivity index (χ0) is 14.8. The van der Waals surface area contributed by atoms with Crippen LogP contribution in [0.2, 0.25) is 0 Å². The van der Waals surface area contributed by atoms with E-state index in [1.54, 1.807) is 0 Å². The molecule has 0 heterocycles. The summed E-state index contributed by atoms with van der Waals surface area (Å²) >= 11 is 2.24. The van der Waals surface area contributed by atoms with Crippen LogP contribution >= 0.6 is 0 Å². The molecule has 0 saturated carbocycles. The second kappa shape index (κ2) is 8.90. The summed E-state index contributed by atoms with van der Waals surface area (Å²) in [6.45, 7) is 9.73. The van der Waals surface area contributed by atoms with Gasteiger partial charge >= 0.3 is 135 Å². The molecule has 2 rings (SSSR count). The van der Waals surface area contributed by atoms with Gasteiger partial charge in [-0.3, -0.25) is 0 Å². The number of hydrogen-bond donors (Lipinski definition) is 0. The van der Waals surface area contributed by atoms with E-state index in [4.69, 9.17) is 4.74 Å². The van der Waals surface area contributed by atoms with E-state index in [9.17, 15) is 0 Å². The first kappa shape index (κ1) is 22.2. The fraction of sp³-hybridized carbons (Fsp3) is 0.556. The molecule has 0 aromatic heterocycles. The molecule has 22 heavy (non-hydrogen) atoms. The van der Waals surface area contributed by atoms with Crippen LogP contribution in [0.1, 0.15) is 47.0 Å². The first-order valence-corrected chi connectivity index (χ1v) is 8.29. The van der Waals surface area contributed by atoms with Crippen LogP contribution in [0, 0.1) is 5.41 Å². The largest absolute Gasteiger partial charge is 1.00 e. The van der Waals surface area contributed by atoms with E-state index in [0.717, 1.165) is 25.9 Å². The van der Waals surface area contributed by atoms with Gasteiger partial charge in [-0.05, 0) is 0 Å². The molecule has 0 spiro atoms. The predicted octanol–water partition coefficient (Wildman–Crippen LogP) is -1.15. The standard InChI is InChI=1S/C18H25O.2ClH.Ti/c1-5-19-18(14-15-10-6-7-11-15)13-9-8-12-16(18)17(2,3)4;;;/h6,8-10,12H,5,7,13-14H2,1-4H3;2*1H;/q;;;+2/p-2. The van der Waals surface area contributed by atoms with Crippen molar-refractivity contribution in [3.8, 4) is 0 Å². The van der Waals surface area contributed by atoms with Gasteiger partial charge in [0.15, 0.2) is 0 Å². The number of rotatable bonds is 4. The molecule has 0 aromatic carbocycles. The van der Waals surface area contributed by atoms with Crippen molar-refractivity contribution in [1.82, 2.24) is 0 Å². The van der Waals surface area contributed by atoms with Crippen molar-refractivity contribution in [3.05, 3.63) is 45.4 Å². The molecule has 0 radical (unpaired) electrons. The van der Waals surface area contributed by atoms with Crippen molar-refractivity contribution in [2.45, 2.75) is 52.6 Å². The van der Waals surface area contributed by atoms with Gasteiger partial charge in [-0.2, -0.15) is 0 Å². The van der Waals surface area contributed by atoms with Crippen LogP contribution in [0.4, 0.5) is 0 Å². The van der Waals surface area contributed by atoms with Gasteiger partial charge < -0.3 is 24.8 Å². The van der Waals surface area contributed by atoms with Gasteiger partial charge in [-0.1, -0.05) is 0 Å². The second-order valence-corrected chi connectivity index (χ2v) is 7.62. The molecule has 1 atom stereocenters. The van der Waals surface area contributed by atoms with Crippen molar-refractivity contribution in [1.29, 1.82) is 0 Å². The Bertz CT molecular complexity index is 498. The van der Waals surface area contributed by atoms with Gasteiger partial charge in [-0.25, -0.2) is 0 Å². The molecule has 0 aromatic rings. The van der Waals surface area contributed by atoms with Crippen molar-refractivity contribution in [3.63, 3.8) is 0 Å². The zero-order valence-corrected chi connectivity index (χ0v) is 17.0. The van der Waals surface area contributed by atoms with Crippen molar-refractivity contribution < 1.29 is 50.0 Å². The molecule has 0 saturated heterocycles. The van der Waals surface area contributed by atoms with Crippen molar-refractivity contribution >= 4 is 0 Å². The fourth-order valence-electron chi connectivity index (χ4n) is 3.27. The topological polar surface area (TPSA) is 9.23 Å². The summed E-state index contributed by atoms with van der Waals surface area (Å²) in [7, 11) is 0. The normalized spacial score (nSPS) is 24.0. The molecule has 2 aliphatic carbocycles. The molecular formula is C18H25Cl2OTi. The van der Waals surface area contributed by atoms with Crippen LogP contribution in [-0.2, 0) is 25.2 Å². The van der Waals surface area contributed by atoms with Gasteiger partial charge in [-0.15, -0.1) is 0 Å². The fourth-order valence-corrected chi connectivity index (χ4v) is 3.73. The minimum absolute atomic E-state index is 0. The molecule has 0 fully saturated rings. The maximum Gasteiger partial charge on any atom is -1.00 e. The van der Waals surface area contributed by atoms with E-state index in [-0.39, 0.29) is 35.8 Å². The number of allylic oxidation sites excluding steroid dienone is 5. The molecule has 0 amide bonds.